The van der Waals surface area contributed by atoms with Gasteiger partial charge < -0.3 is 9.80 Å². The second-order valence-corrected chi connectivity index (χ2v) is 9.57. The van der Waals surface area contributed by atoms with Crippen molar-refractivity contribution in [2.45, 2.75) is 26.2 Å². The first-order chi connectivity index (χ1) is 15.4. The van der Waals surface area contributed by atoms with E-state index < -0.39 is 5.41 Å². The van der Waals surface area contributed by atoms with Crippen LogP contribution in [-0.2, 0) is 11.2 Å². The van der Waals surface area contributed by atoms with Crippen molar-refractivity contribution in [2.24, 2.45) is 5.41 Å². The molecule has 3 aromatic rings. The summed E-state index contributed by atoms with van der Waals surface area (Å²) in [4.78, 5) is 39.5. The van der Waals surface area contributed by atoms with E-state index in [4.69, 9.17) is 0 Å². The smallest absolute Gasteiger partial charge is 0.274 e. The minimum Gasteiger partial charge on any atom is -0.348 e. The van der Waals surface area contributed by atoms with Crippen molar-refractivity contribution in [3.63, 3.8) is 0 Å². The molecule has 0 atom stereocenters. The van der Waals surface area contributed by atoms with Crippen molar-refractivity contribution < 1.29 is 9.59 Å². The van der Waals surface area contributed by atoms with Gasteiger partial charge in [0.1, 0.15) is 5.69 Å². The molecule has 1 aromatic carbocycles. The van der Waals surface area contributed by atoms with Gasteiger partial charge in [0.15, 0.2) is 0 Å². The van der Waals surface area contributed by atoms with Crippen molar-refractivity contribution in [3.05, 3.63) is 71.1 Å². The lowest BCUT2D eigenvalue weighted by atomic mass is 9.72. The molecule has 166 valence electrons. The number of carbonyl (C=O) groups is 2. The predicted octanol–water partition coefficient (Wildman–Crippen LogP) is 4.07. The van der Waals surface area contributed by atoms with Gasteiger partial charge in [-0.2, -0.15) is 0 Å². The first-order valence-corrected chi connectivity index (χ1v) is 11.7. The molecule has 0 aliphatic carbocycles. The monoisotopic (exact) mass is 448 g/mol. The molecule has 6 nitrogen and oxygen atoms in total. The molecule has 1 aliphatic rings. The number of piperidine rings is 1. The van der Waals surface area contributed by atoms with Crippen molar-refractivity contribution in [1.29, 1.82) is 0 Å². The Balaban J connectivity index is 1.58. The van der Waals surface area contributed by atoms with Gasteiger partial charge in [-0.3, -0.25) is 14.6 Å². The molecule has 0 radical (unpaired) electrons. The van der Waals surface area contributed by atoms with Crippen LogP contribution in [0.3, 0.4) is 0 Å². The van der Waals surface area contributed by atoms with Gasteiger partial charge in [-0.25, -0.2) is 4.98 Å². The highest BCUT2D eigenvalue weighted by atomic mass is 32.1. The van der Waals surface area contributed by atoms with Gasteiger partial charge in [0.25, 0.3) is 5.91 Å². The maximum Gasteiger partial charge on any atom is 0.274 e. The summed E-state index contributed by atoms with van der Waals surface area (Å²) in [5.41, 5.74) is 2.95. The summed E-state index contributed by atoms with van der Waals surface area (Å²) in [6.07, 6.45) is 5.03. The lowest BCUT2D eigenvalue weighted by Gasteiger charge is -2.42. The minimum atomic E-state index is -0.535. The molecule has 0 unspecified atom stereocenters. The van der Waals surface area contributed by atoms with E-state index in [1.54, 1.807) is 27.3 Å². The maximum absolute atomic E-state index is 13.4. The van der Waals surface area contributed by atoms with Crippen LogP contribution in [0, 0.1) is 12.3 Å². The number of rotatable bonds is 5. The van der Waals surface area contributed by atoms with Crippen LogP contribution in [0.4, 0.5) is 0 Å². The lowest BCUT2D eigenvalue weighted by Crippen LogP contribution is -2.51. The Morgan fingerprint density at radius 3 is 2.44 bits per heavy atom. The molecule has 7 heteroatoms. The quantitative estimate of drug-likeness (QED) is 0.590. The highest BCUT2D eigenvalue weighted by molar-refractivity contribution is 7.13. The van der Waals surface area contributed by atoms with E-state index in [9.17, 15) is 9.59 Å². The van der Waals surface area contributed by atoms with Gasteiger partial charge in [0.2, 0.25) is 5.91 Å². The van der Waals surface area contributed by atoms with E-state index in [0.717, 1.165) is 5.69 Å². The molecule has 2 aromatic heterocycles. The second kappa shape index (κ2) is 9.20. The standard InChI is InChI=1S/C25H28N4O2S/c1-18-16-27-21(17-26-18)23(30)29-12-10-25(11-13-29,24(31)28(2)3)15-19-7-4-5-8-20(19)22-9-6-14-32-22/h4-9,14,16-17H,10-13,15H2,1-3H3. The maximum atomic E-state index is 13.4. The van der Waals surface area contributed by atoms with Crippen LogP contribution >= 0.6 is 11.3 Å². The number of hydrogen-bond acceptors (Lipinski definition) is 5. The summed E-state index contributed by atoms with van der Waals surface area (Å²) in [6, 6.07) is 12.5. The van der Waals surface area contributed by atoms with Crippen molar-refractivity contribution in [2.75, 3.05) is 27.2 Å². The number of likely N-dealkylation sites (tertiary alicyclic amines) is 1. The van der Waals surface area contributed by atoms with Crippen LogP contribution in [0.1, 0.15) is 34.6 Å². The molecule has 1 aliphatic heterocycles. The number of hydrogen-bond donors (Lipinski definition) is 0. The highest BCUT2D eigenvalue weighted by Gasteiger charge is 2.43. The van der Waals surface area contributed by atoms with Gasteiger partial charge in [-0.1, -0.05) is 30.3 Å². The molecular formula is C25H28N4O2S. The predicted molar refractivity (Wildman–Crippen MR) is 126 cm³/mol. The molecule has 4 rings (SSSR count). The van der Waals surface area contributed by atoms with Gasteiger partial charge in [-0.15, -0.1) is 11.3 Å². The molecular weight excluding hydrogens is 420 g/mol. The zero-order valence-electron chi connectivity index (χ0n) is 18.7. The normalized spacial score (nSPS) is 15.4. The van der Waals surface area contributed by atoms with Crippen molar-refractivity contribution >= 4 is 23.2 Å². The summed E-state index contributed by atoms with van der Waals surface area (Å²) in [7, 11) is 3.63. The van der Waals surface area contributed by atoms with E-state index >= 15 is 0 Å². The fourth-order valence-corrected chi connectivity index (χ4v) is 5.24. The number of amides is 2. The summed E-state index contributed by atoms with van der Waals surface area (Å²) in [5.74, 6) is 0.00287. The SMILES string of the molecule is Cc1cnc(C(=O)N2CCC(Cc3ccccc3-c3cccs3)(C(=O)N(C)C)CC2)cn1. The van der Waals surface area contributed by atoms with Crippen LogP contribution in [0.2, 0.25) is 0 Å². The van der Waals surface area contributed by atoms with Gasteiger partial charge in [0, 0.05) is 38.3 Å². The van der Waals surface area contributed by atoms with E-state index in [1.165, 1.54) is 22.2 Å². The van der Waals surface area contributed by atoms with Crippen molar-refractivity contribution in [1.82, 2.24) is 19.8 Å². The average molecular weight is 449 g/mol. The number of aryl methyl sites for hydroxylation is 1. The molecule has 0 bridgehead atoms. The summed E-state index contributed by atoms with van der Waals surface area (Å²) in [5, 5.41) is 2.07. The number of thiophene rings is 1. The molecule has 1 fully saturated rings. The third-order valence-corrected chi connectivity index (χ3v) is 7.10. The number of benzene rings is 1. The average Bonchev–Trinajstić information content (AvgIpc) is 3.34. The van der Waals surface area contributed by atoms with E-state index in [-0.39, 0.29) is 11.8 Å². The fourth-order valence-electron chi connectivity index (χ4n) is 4.45. The first-order valence-electron chi connectivity index (χ1n) is 10.8. The van der Waals surface area contributed by atoms with E-state index in [1.807, 2.05) is 33.2 Å². The Bertz CT molecular complexity index is 1090. The van der Waals surface area contributed by atoms with Gasteiger partial charge >= 0.3 is 0 Å². The molecule has 0 saturated carbocycles. The van der Waals surface area contributed by atoms with Gasteiger partial charge in [0.05, 0.1) is 17.3 Å². The Kier molecular flexibility index (Phi) is 6.37. The number of nitrogens with zero attached hydrogens (tertiary/aromatic N) is 4. The summed E-state index contributed by atoms with van der Waals surface area (Å²) in [6.45, 7) is 2.89. The van der Waals surface area contributed by atoms with Crippen molar-refractivity contribution in [3.8, 4) is 10.4 Å². The zero-order valence-corrected chi connectivity index (χ0v) is 19.6. The Hall–Kier alpha value is -3.06. The first kappa shape index (κ1) is 22.1. The van der Waals surface area contributed by atoms with Crippen LogP contribution in [0.15, 0.2) is 54.2 Å². The van der Waals surface area contributed by atoms with Gasteiger partial charge in [-0.05, 0) is 48.8 Å². The second-order valence-electron chi connectivity index (χ2n) is 8.63. The Morgan fingerprint density at radius 2 is 1.81 bits per heavy atom. The Morgan fingerprint density at radius 1 is 1.06 bits per heavy atom. The molecule has 1 saturated heterocycles. The summed E-state index contributed by atoms with van der Waals surface area (Å²) >= 11 is 1.71. The van der Waals surface area contributed by atoms with E-state index in [2.05, 4.69) is 39.6 Å². The Labute approximate surface area is 192 Å². The topological polar surface area (TPSA) is 66.4 Å². The van der Waals surface area contributed by atoms with Crippen LogP contribution in [0.25, 0.3) is 10.4 Å². The minimum absolute atomic E-state index is 0.123. The lowest BCUT2D eigenvalue weighted by molar-refractivity contribution is -0.142. The summed E-state index contributed by atoms with van der Waals surface area (Å²) < 4.78 is 0. The molecule has 32 heavy (non-hydrogen) atoms. The zero-order chi connectivity index (χ0) is 22.7. The molecule has 0 spiro atoms. The third-order valence-electron chi connectivity index (χ3n) is 6.20. The fraction of sp³-hybridized carbons (Fsp3) is 0.360. The van der Waals surface area contributed by atoms with Crippen LogP contribution in [-0.4, -0.2) is 58.8 Å². The third kappa shape index (κ3) is 4.43. The molecule has 2 amide bonds. The number of carbonyl (C=O) groups excluding carboxylic acids is 2. The molecule has 3 heterocycles. The highest BCUT2D eigenvalue weighted by Crippen LogP contribution is 2.40. The largest absolute Gasteiger partial charge is 0.348 e. The molecule has 0 N–H and O–H groups in total. The van der Waals surface area contributed by atoms with Crippen LogP contribution < -0.4 is 0 Å². The van der Waals surface area contributed by atoms with Crippen LogP contribution in [0.5, 0.6) is 0 Å². The van der Waals surface area contributed by atoms with E-state index in [0.29, 0.717) is 38.0 Å². The number of aromatic nitrogens is 2.